The van der Waals surface area contributed by atoms with Gasteiger partial charge in [0.25, 0.3) is 0 Å². The summed E-state index contributed by atoms with van der Waals surface area (Å²) >= 11 is 0. The highest BCUT2D eigenvalue weighted by atomic mass is 16.5. The number of ether oxygens (including phenoxy) is 1. The van der Waals surface area contributed by atoms with E-state index >= 15 is 0 Å². The first-order chi connectivity index (χ1) is 9.90. The fourth-order valence-corrected chi connectivity index (χ4v) is 2.59. The summed E-state index contributed by atoms with van der Waals surface area (Å²) in [5.74, 6) is 2.10. The molecule has 2 nitrogen and oxygen atoms in total. The van der Waals surface area contributed by atoms with Crippen molar-refractivity contribution in [2.24, 2.45) is 17.8 Å². The molecule has 0 saturated heterocycles. The molecule has 0 N–H and O–H groups in total. The van der Waals surface area contributed by atoms with Gasteiger partial charge in [-0.3, -0.25) is 4.79 Å². The lowest BCUT2D eigenvalue weighted by Crippen LogP contribution is -2.21. The van der Waals surface area contributed by atoms with Crippen molar-refractivity contribution in [1.29, 1.82) is 0 Å². The Hall–Kier alpha value is -0.530. The maximum atomic E-state index is 11.3. The van der Waals surface area contributed by atoms with Crippen LogP contribution in [0.25, 0.3) is 0 Å². The summed E-state index contributed by atoms with van der Waals surface area (Å²) in [7, 11) is 0. The Kier molecular flexibility index (Phi) is 11.8. The quantitative estimate of drug-likeness (QED) is 0.414. The number of hydrogen-bond donors (Lipinski definition) is 0. The van der Waals surface area contributed by atoms with Crippen LogP contribution in [-0.2, 0) is 9.53 Å². The van der Waals surface area contributed by atoms with Crippen molar-refractivity contribution in [3.8, 4) is 0 Å². The number of rotatable bonds is 12. The molecule has 126 valence electrons. The molecule has 0 spiro atoms. The van der Waals surface area contributed by atoms with Gasteiger partial charge in [0, 0.05) is 6.42 Å². The minimum absolute atomic E-state index is 0.0539. The molecule has 0 unspecified atom stereocenters. The fraction of sp³-hybridized carbons (Fsp3) is 0.947. The van der Waals surface area contributed by atoms with E-state index in [1.165, 1.54) is 38.5 Å². The van der Waals surface area contributed by atoms with Gasteiger partial charge in [-0.2, -0.15) is 0 Å². The topological polar surface area (TPSA) is 26.3 Å². The molecule has 21 heavy (non-hydrogen) atoms. The molecule has 0 aromatic heterocycles. The molecule has 0 fully saturated rings. The highest BCUT2D eigenvalue weighted by Crippen LogP contribution is 2.22. The van der Waals surface area contributed by atoms with E-state index < -0.39 is 0 Å². The van der Waals surface area contributed by atoms with Gasteiger partial charge in [0.15, 0.2) is 0 Å². The van der Waals surface area contributed by atoms with Crippen molar-refractivity contribution < 1.29 is 9.53 Å². The first-order valence-corrected chi connectivity index (χ1v) is 9.10. The first-order valence-electron chi connectivity index (χ1n) is 9.10. The van der Waals surface area contributed by atoms with Crippen LogP contribution in [0.2, 0.25) is 0 Å². The van der Waals surface area contributed by atoms with Crippen molar-refractivity contribution in [2.45, 2.75) is 99.0 Å². The maximum absolute atomic E-state index is 11.3. The summed E-state index contributed by atoms with van der Waals surface area (Å²) in [6.45, 7) is 13.1. The molecule has 0 aliphatic rings. The molecule has 0 amide bonds. The highest BCUT2D eigenvalue weighted by molar-refractivity contribution is 5.69. The van der Waals surface area contributed by atoms with Gasteiger partial charge in [-0.1, -0.05) is 73.1 Å². The Labute approximate surface area is 133 Å². The summed E-state index contributed by atoms with van der Waals surface area (Å²) in [5, 5.41) is 0. The van der Waals surface area contributed by atoms with E-state index in [-0.39, 0.29) is 12.1 Å². The van der Waals surface area contributed by atoms with Crippen LogP contribution in [0.4, 0.5) is 0 Å². The molecule has 0 saturated carbocycles. The van der Waals surface area contributed by atoms with E-state index in [0.717, 1.165) is 18.3 Å². The van der Waals surface area contributed by atoms with Crippen LogP contribution in [0, 0.1) is 17.8 Å². The van der Waals surface area contributed by atoms with Gasteiger partial charge in [-0.05, 0) is 31.1 Å². The first kappa shape index (κ1) is 20.5. The Morgan fingerprint density at radius 2 is 1.38 bits per heavy atom. The fourth-order valence-electron chi connectivity index (χ4n) is 2.59. The molecule has 4 atom stereocenters. The second kappa shape index (κ2) is 12.1. The summed E-state index contributed by atoms with van der Waals surface area (Å²) in [6, 6.07) is 0. The third-order valence-electron chi connectivity index (χ3n) is 4.85. The van der Waals surface area contributed by atoms with Gasteiger partial charge < -0.3 is 4.74 Å². The van der Waals surface area contributed by atoms with Gasteiger partial charge in [0.1, 0.15) is 6.10 Å². The van der Waals surface area contributed by atoms with Crippen LogP contribution in [0.3, 0.4) is 0 Å². The zero-order valence-electron chi connectivity index (χ0n) is 15.3. The third kappa shape index (κ3) is 10.8. The van der Waals surface area contributed by atoms with Crippen molar-refractivity contribution in [3.63, 3.8) is 0 Å². The zero-order chi connectivity index (χ0) is 16.3. The van der Waals surface area contributed by atoms with Gasteiger partial charge in [-0.25, -0.2) is 0 Å². The molecule has 0 rings (SSSR count). The summed E-state index contributed by atoms with van der Waals surface area (Å²) in [5.41, 5.74) is 0. The van der Waals surface area contributed by atoms with Crippen molar-refractivity contribution in [3.05, 3.63) is 0 Å². The lowest BCUT2D eigenvalue weighted by atomic mass is 9.91. The molecule has 0 heterocycles. The molecule has 0 bridgehead atoms. The average Bonchev–Trinajstić information content (AvgIpc) is 2.46. The lowest BCUT2D eigenvalue weighted by Gasteiger charge is -2.21. The zero-order valence-corrected chi connectivity index (χ0v) is 15.3. The van der Waals surface area contributed by atoms with Gasteiger partial charge in [0.2, 0.25) is 0 Å². The highest BCUT2D eigenvalue weighted by Gasteiger charge is 2.16. The van der Waals surface area contributed by atoms with Crippen LogP contribution < -0.4 is 0 Å². The predicted molar refractivity (Wildman–Crippen MR) is 91.3 cm³/mol. The van der Waals surface area contributed by atoms with E-state index in [4.69, 9.17) is 4.74 Å². The summed E-state index contributed by atoms with van der Waals surface area (Å²) in [4.78, 5) is 11.3. The van der Waals surface area contributed by atoms with Gasteiger partial charge in [-0.15, -0.1) is 0 Å². The van der Waals surface area contributed by atoms with E-state index in [1.54, 1.807) is 0 Å². The van der Waals surface area contributed by atoms with Crippen molar-refractivity contribution >= 4 is 5.97 Å². The van der Waals surface area contributed by atoms with E-state index in [0.29, 0.717) is 12.3 Å². The van der Waals surface area contributed by atoms with Crippen LogP contribution in [0.15, 0.2) is 0 Å². The monoisotopic (exact) mass is 298 g/mol. The Morgan fingerprint density at radius 3 is 1.90 bits per heavy atom. The van der Waals surface area contributed by atoms with Crippen LogP contribution >= 0.6 is 0 Å². The molecule has 2 heteroatoms. The minimum atomic E-state index is -0.0761. The molecule has 0 aliphatic heterocycles. The summed E-state index contributed by atoms with van der Waals surface area (Å²) < 4.78 is 5.38. The van der Waals surface area contributed by atoms with Crippen LogP contribution in [-0.4, -0.2) is 12.1 Å². The normalized spacial score (nSPS) is 17.0. The van der Waals surface area contributed by atoms with Gasteiger partial charge >= 0.3 is 5.97 Å². The van der Waals surface area contributed by atoms with Crippen LogP contribution in [0.5, 0.6) is 0 Å². The second-order valence-corrected chi connectivity index (χ2v) is 7.01. The predicted octanol–water partition coefficient (Wildman–Crippen LogP) is 5.99. The molecule has 0 radical (unpaired) electrons. The van der Waals surface area contributed by atoms with Crippen molar-refractivity contribution in [2.75, 3.05) is 0 Å². The van der Waals surface area contributed by atoms with Crippen LogP contribution in [0.1, 0.15) is 92.9 Å². The maximum Gasteiger partial charge on any atom is 0.305 e. The molecular formula is C19H38O2. The third-order valence-corrected chi connectivity index (χ3v) is 4.85. The van der Waals surface area contributed by atoms with Gasteiger partial charge in [0.05, 0.1) is 0 Å². The Morgan fingerprint density at radius 1 is 0.857 bits per heavy atom. The summed E-state index contributed by atoms with van der Waals surface area (Å²) in [6.07, 6.45) is 9.66. The Balaban J connectivity index is 3.69. The SMILES string of the molecule is CCC(=O)O[C@H](C)[C@H](C)CCC[C@H](C)CCC[C@H](C)CC. The van der Waals surface area contributed by atoms with Crippen molar-refractivity contribution in [1.82, 2.24) is 0 Å². The molecule has 0 aliphatic carbocycles. The molecule has 0 aromatic rings. The molecule has 0 aromatic carbocycles. The lowest BCUT2D eigenvalue weighted by molar-refractivity contribution is -0.150. The second-order valence-electron chi connectivity index (χ2n) is 7.01. The standard InChI is InChI=1S/C19H38O2/c1-7-15(3)11-9-12-16(4)13-10-14-17(5)18(6)21-19(20)8-2/h15-18H,7-14H2,1-6H3/t15-,16-,17-,18-/m1/s1. The smallest absolute Gasteiger partial charge is 0.305 e. The number of carbonyl (C=O) groups is 1. The number of carbonyl (C=O) groups excluding carboxylic acids is 1. The molecular weight excluding hydrogens is 260 g/mol. The minimum Gasteiger partial charge on any atom is -0.462 e. The average molecular weight is 299 g/mol. The largest absolute Gasteiger partial charge is 0.462 e. The number of esters is 1. The van der Waals surface area contributed by atoms with E-state index in [1.807, 2.05) is 13.8 Å². The Bertz CT molecular complexity index is 262. The number of hydrogen-bond acceptors (Lipinski definition) is 2. The van der Waals surface area contributed by atoms with E-state index in [2.05, 4.69) is 27.7 Å². The van der Waals surface area contributed by atoms with E-state index in [9.17, 15) is 4.79 Å².